The quantitative estimate of drug-likeness (QED) is 0.908. The Labute approximate surface area is 126 Å². The van der Waals surface area contributed by atoms with Gasteiger partial charge < -0.3 is 15.1 Å². The molecule has 22 heavy (non-hydrogen) atoms. The summed E-state index contributed by atoms with van der Waals surface area (Å²) in [6.45, 7) is 1.61. The minimum Gasteiger partial charge on any atom is -0.370 e. The maximum atomic E-state index is 13.4. The van der Waals surface area contributed by atoms with E-state index in [9.17, 15) is 18.0 Å². The molecule has 0 saturated carbocycles. The van der Waals surface area contributed by atoms with Crippen molar-refractivity contribution in [3.63, 3.8) is 0 Å². The number of carbonyl (C=O) groups excluding carboxylic acids is 1. The summed E-state index contributed by atoms with van der Waals surface area (Å²) in [4.78, 5) is 15.3. The van der Waals surface area contributed by atoms with Crippen LogP contribution in [0.5, 0.6) is 0 Å². The Morgan fingerprint density at radius 2 is 2.09 bits per heavy atom. The predicted molar refractivity (Wildman–Crippen MR) is 76.9 cm³/mol. The van der Waals surface area contributed by atoms with Gasteiger partial charge in [-0.3, -0.25) is 4.79 Å². The van der Waals surface area contributed by atoms with Crippen LogP contribution in [0.2, 0.25) is 0 Å². The second-order valence-corrected chi connectivity index (χ2v) is 5.94. The maximum absolute atomic E-state index is 13.4. The van der Waals surface area contributed by atoms with Crippen molar-refractivity contribution in [2.45, 2.75) is 25.2 Å². The Kier molecular flexibility index (Phi) is 3.55. The Morgan fingerprint density at radius 3 is 2.68 bits per heavy atom. The van der Waals surface area contributed by atoms with E-state index in [1.54, 1.807) is 13.1 Å². The van der Waals surface area contributed by atoms with E-state index in [1.165, 1.54) is 18.0 Å². The summed E-state index contributed by atoms with van der Waals surface area (Å²) >= 11 is 0. The van der Waals surface area contributed by atoms with Gasteiger partial charge in [-0.05, 0) is 30.7 Å². The maximum Gasteiger partial charge on any atom is 0.416 e. The van der Waals surface area contributed by atoms with Crippen molar-refractivity contribution in [1.82, 2.24) is 10.2 Å². The number of nitrogens with one attached hydrogen (secondary N) is 1. The van der Waals surface area contributed by atoms with Gasteiger partial charge in [0.2, 0.25) is 0 Å². The number of alkyl halides is 3. The van der Waals surface area contributed by atoms with Crippen molar-refractivity contribution in [1.29, 1.82) is 0 Å². The number of rotatable bonds is 2. The van der Waals surface area contributed by atoms with Crippen molar-refractivity contribution >= 4 is 11.6 Å². The van der Waals surface area contributed by atoms with Gasteiger partial charge in [0.15, 0.2) is 0 Å². The SMILES string of the molecule is CN1Cc2c(cc(N(C)C3CCNC3)cc2C(F)(F)F)C1=O. The topological polar surface area (TPSA) is 35.6 Å². The summed E-state index contributed by atoms with van der Waals surface area (Å²) in [5.74, 6) is -0.347. The van der Waals surface area contributed by atoms with Crippen LogP contribution in [0.4, 0.5) is 18.9 Å². The number of hydrogen-bond acceptors (Lipinski definition) is 3. The Balaban J connectivity index is 2.08. The lowest BCUT2D eigenvalue weighted by molar-refractivity contribution is -0.138. The van der Waals surface area contributed by atoms with E-state index in [0.717, 1.165) is 19.5 Å². The van der Waals surface area contributed by atoms with Gasteiger partial charge in [-0.1, -0.05) is 0 Å². The number of carbonyl (C=O) groups is 1. The highest BCUT2D eigenvalue weighted by molar-refractivity contribution is 5.99. The van der Waals surface area contributed by atoms with E-state index in [2.05, 4.69) is 5.32 Å². The minimum atomic E-state index is -4.46. The highest BCUT2D eigenvalue weighted by Gasteiger charge is 2.39. The fraction of sp³-hybridized carbons (Fsp3) is 0.533. The molecular formula is C15H18F3N3O. The predicted octanol–water partition coefficient (Wildman–Crippen LogP) is 2.09. The Morgan fingerprint density at radius 1 is 1.36 bits per heavy atom. The molecule has 4 nitrogen and oxygen atoms in total. The summed E-state index contributed by atoms with van der Waals surface area (Å²) in [5.41, 5.74) is 0.00533. The lowest BCUT2D eigenvalue weighted by Crippen LogP contribution is -2.33. The molecule has 0 radical (unpaired) electrons. The first-order chi connectivity index (χ1) is 10.3. The van der Waals surface area contributed by atoms with E-state index in [4.69, 9.17) is 0 Å². The molecule has 3 rings (SSSR count). The Bertz CT molecular complexity index is 609. The molecule has 2 aliphatic heterocycles. The molecule has 1 aromatic rings. The minimum absolute atomic E-state index is 0.0119. The molecule has 1 N–H and O–H groups in total. The van der Waals surface area contributed by atoms with Crippen molar-refractivity contribution in [2.75, 3.05) is 32.1 Å². The largest absolute Gasteiger partial charge is 0.416 e. The van der Waals surface area contributed by atoms with Gasteiger partial charge in [0.25, 0.3) is 5.91 Å². The average Bonchev–Trinajstić information content (AvgIpc) is 3.06. The second-order valence-electron chi connectivity index (χ2n) is 5.94. The van der Waals surface area contributed by atoms with Crippen LogP contribution < -0.4 is 10.2 Å². The molecule has 2 aliphatic rings. The molecule has 2 heterocycles. The number of fused-ring (bicyclic) bond motifs is 1. The zero-order valence-corrected chi connectivity index (χ0v) is 12.5. The van der Waals surface area contributed by atoms with Crippen molar-refractivity contribution in [2.24, 2.45) is 0 Å². The van der Waals surface area contributed by atoms with Crippen LogP contribution >= 0.6 is 0 Å². The van der Waals surface area contributed by atoms with Crippen molar-refractivity contribution in [3.05, 3.63) is 28.8 Å². The van der Waals surface area contributed by atoms with Gasteiger partial charge in [-0.2, -0.15) is 13.2 Å². The van der Waals surface area contributed by atoms with Gasteiger partial charge in [0.05, 0.1) is 5.56 Å². The molecule has 1 fully saturated rings. The lowest BCUT2D eigenvalue weighted by Gasteiger charge is -2.27. The molecule has 1 saturated heterocycles. The number of anilines is 1. The molecule has 0 spiro atoms. The number of amides is 1. The van der Waals surface area contributed by atoms with E-state index < -0.39 is 11.7 Å². The van der Waals surface area contributed by atoms with Gasteiger partial charge in [0.1, 0.15) is 0 Å². The van der Waals surface area contributed by atoms with Crippen LogP contribution in [0.1, 0.15) is 27.9 Å². The molecule has 1 unspecified atom stereocenters. The van der Waals surface area contributed by atoms with Gasteiger partial charge in [0, 0.05) is 44.5 Å². The summed E-state index contributed by atoms with van der Waals surface area (Å²) in [5, 5.41) is 3.20. The van der Waals surface area contributed by atoms with Crippen LogP contribution in [0.25, 0.3) is 0 Å². The highest BCUT2D eigenvalue weighted by atomic mass is 19.4. The molecule has 1 atom stereocenters. The van der Waals surface area contributed by atoms with Crippen molar-refractivity contribution < 1.29 is 18.0 Å². The Hall–Kier alpha value is -1.76. The first-order valence-electron chi connectivity index (χ1n) is 7.22. The normalized spacial score (nSPS) is 21.4. The van der Waals surface area contributed by atoms with E-state index >= 15 is 0 Å². The van der Waals surface area contributed by atoms with Crippen LogP contribution in [-0.2, 0) is 12.7 Å². The third kappa shape index (κ3) is 2.43. The number of hydrogen-bond donors (Lipinski definition) is 1. The number of halogens is 3. The lowest BCUT2D eigenvalue weighted by atomic mass is 10.0. The number of nitrogens with zero attached hydrogens (tertiary/aromatic N) is 2. The monoisotopic (exact) mass is 313 g/mol. The highest BCUT2D eigenvalue weighted by Crippen LogP contribution is 2.39. The second kappa shape index (κ2) is 5.15. The fourth-order valence-electron chi connectivity index (χ4n) is 3.17. The standard InChI is InChI=1S/C15H18F3N3O/c1-20-8-12-11(14(20)22)5-10(6-13(12)15(16,17)18)21(2)9-3-4-19-7-9/h5-6,9,19H,3-4,7-8H2,1-2H3. The van der Waals surface area contributed by atoms with Crippen molar-refractivity contribution in [3.8, 4) is 0 Å². The zero-order chi connectivity index (χ0) is 16.1. The number of likely N-dealkylation sites (N-methyl/N-ethyl adjacent to an activating group) is 1. The van der Waals surface area contributed by atoms with Gasteiger partial charge in [-0.25, -0.2) is 0 Å². The van der Waals surface area contributed by atoms with Gasteiger partial charge in [-0.15, -0.1) is 0 Å². The zero-order valence-electron chi connectivity index (χ0n) is 12.5. The van der Waals surface area contributed by atoms with Gasteiger partial charge >= 0.3 is 6.18 Å². The molecule has 7 heteroatoms. The smallest absolute Gasteiger partial charge is 0.370 e. The third-order valence-electron chi connectivity index (χ3n) is 4.50. The van der Waals surface area contributed by atoms with Crippen LogP contribution in [0.15, 0.2) is 12.1 Å². The molecule has 120 valence electrons. The summed E-state index contributed by atoms with van der Waals surface area (Å²) in [7, 11) is 3.30. The molecule has 0 aromatic heterocycles. The molecule has 1 amide bonds. The van der Waals surface area contributed by atoms with Crippen LogP contribution in [0.3, 0.4) is 0 Å². The summed E-state index contributed by atoms with van der Waals surface area (Å²) in [6.07, 6.45) is -3.58. The first-order valence-corrected chi connectivity index (χ1v) is 7.22. The molecular weight excluding hydrogens is 295 g/mol. The summed E-state index contributed by atoms with van der Waals surface area (Å²) < 4.78 is 40.1. The molecule has 0 bridgehead atoms. The van der Waals surface area contributed by atoms with Crippen LogP contribution in [0, 0.1) is 0 Å². The number of benzene rings is 1. The summed E-state index contributed by atoms with van der Waals surface area (Å²) in [6, 6.07) is 2.91. The van der Waals surface area contributed by atoms with E-state index in [-0.39, 0.29) is 29.6 Å². The third-order valence-corrected chi connectivity index (χ3v) is 4.50. The molecule has 1 aromatic carbocycles. The van der Waals surface area contributed by atoms with E-state index in [0.29, 0.717) is 5.69 Å². The average molecular weight is 313 g/mol. The first kappa shape index (κ1) is 15.1. The van der Waals surface area contributed by atoms with E-state index in [1.807, 2.05) is 4.90 Å². The van der Waals surface area contributed by atoms with Crippen LogP contribution in [-0.4, -0.2) is 44.0 Å². The fourth-order valence-corrected chi connectivity index (χ4v) is 3.17. The molecule has 0 aliphatic carbocycles.